The van der Waals surface area contributed by atoms with Crippen LogP contribution >= 0.6 is 0 Å². The van der Waals surface area contributed by atoms with Gasteiger partial charge in [0.1, 0.15) is 0 Å². The van der Waals surface area contributed by atoms with Crippen molar-refractivity contribution in [3.05, 3.63) is 35.4 Å². The molecule has 5 nitrogen and oxygen atoms in total. The van der Waals surface area contributed by atoms with Gasteiger partial charge < -0.3 is 14.9 Å². The zero-order valence-electron chi connectivity index (χ0n) is 12.7. The first kappa shape index (κ1) is 19.1. The van der Waals surface area contributed by atoms with Crippen LogP contribution in [0.15, 0.2) is 24.3 Å². The van der Waals surface area contributed by atoms with E-state index in [-0.39, 0.29) is 5.56 Å². The molecule has 0 atom stereocenters. The number of esters is 1. The summed E-state index contributed by atoms with van der Waals surface area (Å²) in [5, 5.41) is 15.6. The lowest BCUT2D eigenvalue weighted by molar-refractivity contribution is 0.0598. The van der Waals surface area contributed by atoms with E-state index >= 15 is 0 Å². The average molecular weight is 296 g/mol. The number of ether oxygens (including phenoxy) is 1. The molecule has 1 aromatic rings. The second-order valence-corrected chi connectivity index (χ2v) is 4.50. The van der Waals surface area contributed by atoms with Gasteiger partial charge in [-0.25, -0.2) is 9.59 Å². The number of hydrogen-bond donors (Lipinski definition) is 2. The number of carboxylic acids is 1. The van der Waals surface area contributed by atoms with Crippen LogP contribution in [0.1, 0.15) is 59.2 Å². The zero-order chi connectivity index (χ0) is 16.1. The number of aromatic carboxylic acids is 1. The molecule has 1 aromatic carbocycles. The van der Waals surface area contributed by atoms with Crippen molar-refractivity contribution in [2.24, 2.45) is 0 Å². The highest BCUT2D eigenvalue weighted by Crippen LogP contribution is 2.15. The third kappa shape index (κ3) is 8.09. The predicted octanol–water partition coefficient (Wildman–Crippen LogP) is 3.12. The van der Waals surface area contributed by atoms with Gasteiger partial charge in [0, 0.05) is 7.11 Å². The minimum Gasteiger partial charge on any atom is -0.478 e. The zero-order valence-corrected chi connectivity index (χ0v) is 12.7. The normalized spacial score (nSPS) is 12.9. The van der Waals surface area contributed by atoms with Crippen molar-refractivity contribution < 1.29 is 24.5 Å². The summed E-state index contributed by atoms with van der Waals surface area (Å²) in [6, 6.07) is 5.54. The van der Waals surface area contributed by atoms with E-state index in [1.807, 2.05) is 0 Å². The summed E-state index contributed by atoms with van der Waals surface area (Å²) in [7, 11) is 2.27. The fourth-order valence-electron chi connectivity index (χ4n) is 1.93. The van der Waals surface area contributed by atoms with E-state index < -0.39 is 11.9 Å². The summed E-state index contributed by atoms with van der Waals surface area (Å²) >= 11 is 0. The molecule has 0 aliphatic heterocycles. The minimum atomic E-state index is -1.02. The molecule has 2 rings (SSSR count). The van der Waals surface area contributed by atoms with E-state index in [2.05, 4.69) is 4.74 Å². The Labute approximate surface area is 125 Å². The van der Waals surface area contributed by atoms with Gasteiger partial charge in [-0.3, -0.25) is 0 Å². The van der Waals surface area contributed by atoms with E-state index in [9.17, 15) is 9.59 Å². The lowest BCUT2D eigenvalue weighted by Crippen LogP contribution is -2.02. The van der Waals surface area contributed by atoms with Crippen molar-refractivity contribution in [3.63, 3.8) is 0 Å². The lowest BCUT2D eigenvalue weighted by atomic mass is 10.0. The van der Waals surface area contributed by atoms with Crippen molar-refractivity contribution in [1.82, 2.24) is 0 Å². The van der Waals surface area contributed by atoms with Crippen LogP contribution in [-0.2, 0) is 4.74 Å². The fraction of sp³-hybridized carbons (Fsp3) is 0.500. The standard InChI is InChI=1S/C9H8O4.C6H12.CH4O/c1-13-9(12)7-4-2-6(3-5-7)8(10)11;1-2-4-6-5-3-1;1-2/h2-5H,1H3,(H,10,11);1-6H2;2H,1H3. The van der Waals surface area contributed by atoms with Gasteiger partial charge in [-0.2, -0.15) is 0 Å². The molecule has 1 aliphatic carbocycles. The van der Waals surface area contributed by atoms with Gasteiger partial charge >= 0.3 is 11.9 Å². The monoisotopic (exact) mass is 296 g/mol. The molecule has 1 aliphatic rings. The highest BCUT2D eigenvalue weighted by molar-refractivity contribution is 5.92. The van der Waals surface area contributed by atoms with Crippen molar-refractivity contribution >= 4 is 11.9 Å². The molecule has 1 saturated carbocycles. The third-order valence-electron chi connectivity index (χ3n) is 3.05. The van der Waals surface area contributed by atoms with Crippen LogP contribution in [0.4, 0.5) is 0 Å². The molecule has 2 N–H and O–H groups in total. The van der Waals surface area contributed by atoms with Gasteiger partial charge in [-0.05, 0) is 24.3 Å². The largest absolute Gasteiger partial charge is 0.478 e. The maximum Gasteiger partial charge on any atom is 0.337 e. The van der Waals surface area contributed by atoms with Crippen molar-refractivity contribution in [1.29, 1.82) is 0 Å². The smallest absolute Gasteiger partial charge is 0.337 e. The second-order valence-electron chi connectivity index (χ2n) is 4.50. The molecule has 0 amide bonds. The minimum absolute atomic E-state index is 0.146. The number of carbonyl (C=O) groups excluding carboxylic acids is 1. The Balaban J connectivity index is 0.000000416. The van der Waals surface area contributed by atoms with Crippen LogP contribution < -0.4 is 0 Å². The van der Waals surface area contributed by atoms with Gasteiger partial charge in [-0.1, -0.05) is 38.5 Å². The van der Waals surface area contributed by atoms with Crippen LogP contribution in [0.3, 0.4) is 0 Å². The summed E-state index contributed by atoms with van der Waals surface area (Å²) < 4.78 is 4.45. The third-order valence-corrected chi connectivity index (χ3v) is 3.05. The number of aliphatic hydroxyl groups is 1. The first-order valence-electron chi connectivity index (χ1n) is 7.01. The SMILES string of the molecule is C1CCCCC1.CO.COC(=O)c1ccc(C(=O)O)cc1. The molecule has 0 heterocycles. The number of methoxy groups -OCH3 is 1. The van der Waals surface area contributed by atoms with E-state index in [0.29, 0.717) is 5.56 Å². The Morgan fingerprint density at radius 1 is 0.857 bits per heavy atom. The van der Waals surface area contributed by atoms with Crippen molar-refractivity contribution in [3.8, 4) is 0 Å². The topological polar surface area (TPSA) is 83.8 Å². The van der Waals surface area contributed by atoms with Crippen molar-refractivity contribution in [2.75, 3.05) is 14.2 Å². The first-order valence-corrected chi connectivity index (χ1v) is 7.01. The second kappa shape index (κ2) is 11.9. The number of carbonyl (C=O) groups is 2. The summed E-state index contributed by atoms with van der Waals surface area (Å²) in [5.41, 5.74) is 0.486. The van der Waals surface area contributed by atoms with Gasteiger partial charge in [0.2, 0.25) is 0 Å². The molecular formula is C16H24O5. The molecule has 0 spiro atoms. The quantitative estimate of drug-likeness (QED) is 0.819. The molecule has 0 radical (unpaired) electrons. The molecule has 1 fully saturated rings. The summed E-state index contributed by atoms with van der Waals surface area (Å²) in [6.45, 7) is 0. The number of rotatable bonds is 2. The highest BCUT2D eigenvalue weighted by atomic mass is 16.5. The van der Waals surface area contributed by atoms with Crippen LogP contribution in [0, 0.1) is 0 Å². The number of carboxylic acid groups (broad SMARTS) is 1. The first-order chi connectivity index (χ1) is 10.1. The molecule has 5 heteroatoms. The lowest BCUT2D eigenvalue weighted by Gasteiger charge is -2.05. The Morgan fingerprint density at radius 3 is 1.48 bits per heavy atom. The fourth-order valence-corrected chi connectivity index (χ4v) is 1.93. The van der Waals surface area contributed by atoms with Crippen molar-refractivity contribution in [2.45, 2.75) is 38.5 Å². The number of benzene rings is 1. The summed E-state index contributed by atoms with van der Waals surface area (Å²) in [6.07, 6.45) is 9.00. The van der Waals surface area contributed by atoms with E-state index in [1.54, 1.807) is 0 Å². The maximum atomic E-state index is 10.9. The predicted molar refractivity (Wildman–Crippen MR) is 80.6 cm³/mol. The summed E-state index contributed by atoms with van der Waals surface area (Å²) in [4.78, 5) is 21.4. The highest BCUT2D eigenvalue weighted by Gasteiger charge is 2.06. The van der Waals surface area contributed by atoms with Crippen LogP contribution in [-0.4, -0.2) is 36.4 Å². The molecule has 118 valence electrons. The number of aliphatic hydroxyl groups excluding tert-OH is 1. The van der Waals surface area contributed by atoms with E-state index in [1.165, 1.54) is 69.9 Å². The Kier molecular flexibility index (Phi) is 10.8. The Morgan fingerprint density at radius 2 is 1.19 bits per heavy atom. The van der Waals surface area contributed by atoms with E-state index in [4.69, 9.17) is 10.2 Å². The van der Waals surface area contributed by atoms with Gasteiger partial charge in [0.05, 0.1) is 18.2 Å². The Hall–Kier alpha value is -1.88. The molecule has 21 heavy (non-hydrogen) atoms. The van der Waals surface area contributed by atoms with Crippen LogP contribution in [0.2, 0.25) is 0 Å². The summed E-state index contributed by atoms with van der Waals surface area (Å²) in [5.74, 6) is -1.49. The van der Waals surface area contributed by atoms with Gasteiger partial charge in [-0.15, -0.1) is 0 Å². The average Bonchev–Trinajstić information content (AvgIpc) is 2.58. The maximum absolute atomic E-state index is 10.9. The van der Waals surface area contributed by atoms with E-state index in [0.717, 1.165) is 7.11 Å². The Bertz CT molecular complexity index is 396. The molecular weight excluding hydrogens is 272 g/mol. The number of hydrogen-bond acceptors (Lipinski definition) is 4. The van der Waals surface area contributed by atoms with Crippen LogP contribution in [0.25, 0.3) is 0 Å². The molecule has 0 aromatic heterocycles. The molecule has 0 bridgehead atoms. The van der Waals surface area contributed by atoms with Crippen LogP contribution in [0.5, 0.6) is 0 Å². The molecule has 0 unspecified atom stereocenters. The van der Waals surface area contributed by atoms with Gasteiger partial charge in [0.15, 0.2) is 0 Å². The molecule has 0 saturated heterocycles. The van der Waals surface area contributed by atoms with Gasteiger partial charge in [0.25, 0.3) is 0 Å².